The number of nitrogens with zero attached hydrogens (tertiary/aromatic N) is 2. The monoisotopic (exact) mass is 543 g/mol. The summed E-state index contributed by atoms with van der Waals surface area (Å²) >= 11 is 0. The largest absolute Gasteiger partial charge is 0.491 e. The van der Waals surface area contributed by atoms with Crippen LogP contribution in [0.3, 0.4) is 0 Å². The van der Waals surface area contributed by atoms with Gasteiger partial charge in [-0.15, -0.1) is 0 Å². The lowest BCUT2D eigenvalue weighted by atomic mass is 9.94. The Kier molecular flexibility index (Phi) is 11.2. The minimum Gasteiger partial charge on any atom is -0.491 e. The molecule has 1 saturated heterocycles. The Morgan fingerprint density at radius 2 is 1.97 bits per heavy atom. The highest BCUT2D eigenvalue weighted by atomic mass is 19.1. The smallest absolute Gasteiger partial charge is 0.306 e. The standard InChI is InChI=1S/C30H42FN3O5/c1-36-14-15-39-28-17-24(16-27(19-28)38-13-10-31)25(18-29(35)37-2)21-34-12-9-22(20-34)5-7-26-8-6-23-4-3-11-32-30(23)33-26/h6,8,16-17,19,22,25H,3-5,7,9-15,18,20-21H2,1-2H3,(H,32,33). The highest BCUT2D eigenvalue weighted by Gasteiger charge is 2.27. The first-order valence-electron chi connectivity index (χ1n) is 14.0. The predicted octanol–water partition coefficient (Wildman–Crippen LogP) is 4.41. The van der Waals surface area contributed by atoms with Crippen molar-refractivity contribution in [1.29, 1.82) is 0 Å². The normalized spacial score (nSPS) is 17.8. The second-order valence-electron chi connectivity index (χ2n) is 10.4. The molecule has 1 N–H and O–H groups in total. The number of ether oxygens (including phenoxy) is 4. The molecule has 2 aromatic rings. The number of methoxy groups -OCH3 is 2. The number of carbonyl (C=O) groups is 1. The molecular weight excluding hydrogens is 501 g/mol. The van der Waals surface area contributed by atoms with Gasteiger partial charge in [-0.1, -0.05) is 6.07 Å². The molecule has 0 amide bonds. The summed E-state index contributed by atoms with van der Waals surface area (Å²) in [5.41, 5.74) is 3.38. The van der Waals surface area contributed by atoms with E-state index >= 15 is 0 Å². The van der Waals surface area contributed by atoms with Gasteiger partial charge in [-0.25, -0.2) is 9.37 Å². The quantitative estimate of drug-likeness (QED) is 0.261. The maximum Gasteiger partial charge on any atom is 0.306 e. The summed E-state index contributed by atoms with van der Waals surface area (Å²) in [7, 11) is 3.03. The molecule has 0 bridgehead atoms. The Morgan fingerprint density at radius 3 is 2.74 bits per heavy atom. The van der Waals surface area contributed by atoms with Crippen LogP contribution >= 0.6 is 0 Å². The number of aryl methyl sites for hydroxylation is 2. The van der Waals surface area contributed by atoms with Gasteiger partial charge in [-0.2, -0.15) is 0 Å². The van der Waals surface area contributed by atoms with Crippen molar-refractivity contribution >= 4 is 11.8 Å². The van der Waals surface area contributed by atoms with Gasteiger partial charge in [0.15, 0.2) is 0 Å². The van der Waals surface area contributed by atoms with Crippen LogP contribution in [0.5, 0.6) is 11.5 Å². The lowest BCUT2D eigenvalue weighted by Gasteiger charge is -2.25. The molecule has 0 radical (unpaired) electrons. The zero-order chi connectivity index (χ0) is 27.5. The van der Waals surface area contributed by atoms with Crippen LogP contribution in [0.15, 0.2) is 30.3 Å². The fourth-order valence-corrected chi connectivity index (χ4v) is 5.45. The summed E-state index contributed by atoms with van der Waals surface area (Å²) in [4.78, 5) is 19.7. The summed E-state index contributed by atoms with van der Waals surface area (Å²) < 4.78 is 34.4. The van der Waals surface area contributed by atoms with Crippen molar-refractivity contribution in [3.63, 3.8) is 0 Å². The molecule has 9 heteroatoms. The fourth-order valence-electron chi connectivity index (χ4n) is 5.45. The maximum atomic E-state index is 12.8. The number of pyridine rings is 1. The van der Waals surface area contributed by atoms with Gasteiger partial charge in [0.1, 0.15) is 37.2 Å². The number of hydrogen-bond donors (Lipinski definition) is 1. The van der Waals surface area contributed by atoms with E-state index in [0.717, 1.165) is 68.9 Å². The van der Waals surface area contributed by atoms with Crippen molar-refractivity contribution in [2.75, 3.05) is 72.2 Å². The second kappa shape index (κ2) is 15.0. The number of halogens is 1. The van der Waals surface area contributed by atoms with Gasteiger partial charge in [0, 0.05) is 44.4 Å². The average Bonchev–Trinajstić information content (AvgIpc) is 3.41. The van der Waals surface area contributed by atoms with E-state index < -0.39 is 6.67 Å². The van der Waals surface area contributed by atoms with Gasteiger partial charge < -0.3 is 29.2 Å². The molecule has 0 saturated carbocycles. The number of esters is 1. The Bertz CT molecular complexity index is 1070. The molecule has 214 valence electrons. The zero-order valence-corrected chi connectivity index (χ0v) is 23.3. The summed E-state index contributed by atoms with van der Waals surface area (Å²) in [5, 5.41) is 3.43. The van der Waals surface area contributed by atoms with E-state index in [4.69, 9.17) is 23.9 Å². The Morgan fingerprint density at radius 1 is 1.15 bits per heavy atom. The van der Waals surface area contributed by atoms with Crippen LogP contribution in [0.25, 0.3) is 0 Å². The van der Waals surface area contributed by atoms with Crippen molar-refractivity contribution in [1.82, 2.24) is 9.88 Å². The molecule has 1 aromatic heterocycles. The average molecular weight is 544 g/mol. The number of hydrogen-bond acceptors (Lipinski definition) is 8. The molecule has 2 atom stereocenters. The first kappa shape index (κ1) is 29.1. The molecular formula is C30H42FN3O5. The van der Waals surface area contributed by atoms with Crippen LogP contribution in [-0.4, -0.2) is 82.7 Å². The van der Waals surface area contributed by atoms with E-state index in [0.29, 0.717) is 30.6 Å². The molecule has 0 spiro atoms. The van der Waals surface area contributed by atoms with Crippen molar-refractivity contribution < 1.29 is 28.1 Å². The molecule has 2 aliphatic rings. The number of benzene rings is 1. The number of rotatable bonds is 15. The number of carbonyl (C=O) groups excluding carboxylic acids is 1. The van der Waals surface area contributed by atoms with Gasteiger partial charge in [-0.05, 0) is 73.9 Å². The summed E-state index contributed by atoms with van der Waals surface area (Å²) in [6.45, 7) is 3.90. The van der Waals surface area contributed by atoms with Crippen LogP contribution in [0.1, 0.15) is 48.4 Å². The third-order valence-electron chi connectivity index (χ3n) is 7.53. The summed E-state index contributed by atoms with van der Waals surface area (Å²) in [6, 6.07) is 9.97. The highest BCUT2D eigenvalue weighted by molar-refractivity contribution is 5.70. The van der Waals surface area contributed by atoms with E-state index in [1.165, 1.54) is 19.1 Å². The Labute approximate surface area is 231 Å². The van der Waals surface area contributed by atoms with Crippen LogP contribution < -0.4 is 14.8 Å². The highest BCUT2D eigenvalue weighted by Crippen LogP contribution is 2.32. The van der Waals surface area contributed by atoms with E-state index in [1.54, 1.807) is 13.2 Å². The first-order chi connectivity index (χ1) is 19.1. The Hall–Kier alpha value is -2.91. The van der Waals surface area contributed by atoms with Crippen molar-refractivity contribution in [3.8, 4) is 11.5 Å². The molecule has 2 unspecified atom stereocenters. The van der Waals surface area contributed by atoms with Crippen molar-refractivity contribution in [2.45, 2.75) is 44.4 Å². The van der Waals surface area contributed by atoms with Crippen molar-refractivity contribution in [2.24, 2.45) is 5.92 Å². The maximum absolute atomic E-state index is 12.8. The zero-order valence-electron chi connectivity index (χ0n) is 23.3. The molecule has 39 heavy (non-hydrogen) atoms. The van der Waals surface area contributed by atoms with Crippen LogP contribution in [0, 0.1) is 5.92 Å². The molecule has 3 heterocycles. The molecule has 0 aliphatic carbocycles. The minimum absolute atomic E-state index is 0.0361. The first-order valence-corrected chi connectivity index (χ1v) is 14.0. The second-order valence-corrected chi connectivity index (χ2v) is 10.4. The van der Waals surface area contributed by atoms with Crippen LogP contribution in [-0.2, 0) is 27.1 Å². The summed E-state index contributed by atoms with van der Waals surface area (Å²) in [6.07, 6.45) is 5.70. The number of nitrogens with one attached hydrogen (secondary N) is 1. The molecule has 4 rings (SSSR count). The molecule has 1 aromatic carbocycles. The van der Waals surface area contributed by atoms with Crippen LogP contribution in [0.4, 0.5) is 10.2 Å². The molecule has 8 nitrogen and oxygen atoms in total. The SMILES string of the molecule is COCCOc1cc(OCCF)cc(C(CC(=O)OC)CN2CCC(CCc3ccc4c(n3)NCCC4)C2)c1. The van der Waals surface area contributed by atoms with E-state index in [-0.39, 0.29) is 24.9 Å². The number of alkyl halides is 1. The van der Waals surface area contributed by atoms with E-state index in [9.17, 15) is 9.18 Å². The number of anilines is 1. The van der Waals surface area contributed by atoms with E-state index in [2.05, 4.69) is 22.3 Å². The van der Waals surface area contributed by atoms with E-state index in [1.807, 2.05) is 12.1 Å². The van der Waals surface area contributed by atoms with Crippen molar-refractivity contribution in [3.05, 3.63) is 47.2 Å². The Balaban J connectivity index is 1.40. The third kappa shape index (κ3) is 8.80. The fraction of sp³-hybridized carbons (Fsp3) is 0.600. The topological polar surface area (TPSA) is 82.2 Å². The number of likely N-dealkylation sites (tertiary alicyclic amines) is 1. The predicted molar refractivity (Wildman–Crippen MR) is 149 cm³/mol. The lowest BCUT2D eigenvalue weighted by molar-refractivity contribution is -0.141. The summed E-state index contributed by atoms with van der Waals surface area (Å²) in [5.74, 6) is 2.41. The van der Waals surface area contributed by atoms with Gasteiger partial charge in [0.25, 0.3) is 0 Å². The number of fused-ring (bicyclic) bond motifs is 1. The third-order valence-corrected chi connectivity index (χ3v) is 7.53. The molecule has 1 fully saturated rings. The molecule has 2 aliphatic heterocycles. The van der Waals surface area contributed by atoms with Crippen LogP contribution in [0.2, 0.25) is 0 Å². The van der Waals surface area contributed by atoms with Gasteiger partial charge in [0.05, 0.1) is 20.1 Å². The van der Waals surface area contributed by atoms with Gasteiger partial charge in [0.2, 0.25) is 0 Å². The van der Waals surface area contributed by atoms with Gasteiger partial charge >= 0.3 is 5.97 Å². The van der Waals surface area contributed by atoms with Gasteiger partial charge in [-0.3, -0.25) is 4.79 Å². The minimum atomic E-state index is -0.581. The number of aromatic nitrogens is 1. The lowest BCUT2D eigenvalue weighted by Crippen LogP contribution is -2.28.